The van der Waals surface area contributed by atoms with Gasteiger partial charge in [-0.25, -0.2) is 9.37 Å². The molecule has 3 aromatic heterocycles. The summed E-state index contributed by atoms with van der Waals surface area (Å²) in [5.41, 5.74) is 2.65. The van der Waals surface area contributed by atoms with Crippen molar-refractivity contribution in [3.8, 4) is 17.0 Å². The maximum absolute atomic E-state index is 15.5. The number of rotatable bonds is 3. The van der Waals surface area contributed by atoms with Crippen molar-refractivity contribution in [2.24, 2.45) is 0 Å². The average molecular weight is 438 g/mol. The summed E-state index contributed by atoms with van der Waals surface area (Å²) in [6.45, 7) is 9.85. The number of aryl methyl sites for hydroxylation is 1. The Morgan fingerprint density at radius 2 is 1.97 bits per heavy atom. The van der Waals surface area contributed by atoms with Gasteiger partial charge < -0.3 is 19.0 Å². The Morgan fingerprint density at radius 1 is 1.19 bits per heavy atom. The first-order chi connectivity index (χ1) is 15.1. The molecule has 0 bridgehead atoms. The van der Waals surface area contributed by atoms with Gasteiger partial charge in [-0.15, -0.1) is 10.2 Å². The van der Waals surface area contributed by atoms with Crippen molar-refractivity contribution < 1.29 is 13.5 Å². The van der Waals surface area contributed by atoms with Crippen LogP contribution in [0.2, 0.25) is 0 Å². The third-order valence-corrected chi connectivity index (χ3v) is 6.32. The summed E-state index contributed by atoms with van der Waals surface area (Å²) in [5, 5.41) is 13.3. The van der Waals surface area contributed by atoms with Crippen LogP contribution in [0.25, 0.3) is 33.4 Å². The Morgan fingerprint density at radius 3 is 2.72 bits per heavy atom. The van der Waals surface area contributed by atoms with Gasteiger partial charge in [-0.1, -0.05) is 0 Å². The largest absolute Gasteiger partial charge is 0.496 e. The Labute approximate surface area is 186 Å². The van der Waals surface area contributed by atoms with Gasteiger partial charge >= 0.3 is 0 Å². The van der Waals surface area contributed by atoms with Gasteiger partial charge in [0.1, 0.15) is 17.4 Å². The monoisotopic (exact) mass is 437 g/mol. The minimum Gasteiger partial charge on any atom is -0.496 e. The Balaban J connectivity index is 1.59. The van der Waals surface area contributed by atoms with Crippen LogP contribution in [0.15, 0.2) is 34.9 Å². The third kappa shape index (κ3) is 3.33. The molecule has 0 unspecified atom stereocenters. The van der Waals surface area contributed by atoms with Crippen molar-refractivity contribution in [3.05, 3.63) is 36.4 Å². The van der Waals surface area contributed by atoms with E-state index >= 15 is 4.39 Å². The van der Waals surface area contributed by atoms with Gasteiger partial charge in [0.2, 0.25) is 0 Å². The molecule has 0 amide bonds. The molecule has 8 heteroatoms. The van der Waals surface area contributed by atoms with Gasteiger partial charge in [0, 0.05) is 41.2 Å². The highest BCUT2D eigenvalue weighted by atomic mass is 19.1. The zero-order valence-electron chi connectivity index (χ0n) is 19.2. The van der Waals surface area contributed by atoms with Crippen molar-refractivity contribution in [1.82, 2.24) is 25.1 Å². The number of oxazole rings is 1. The lowest BCUT2D eigenvalue weighted by molar-refractivity contribution is 0.0313. The number of nitrogens with one attached hydrogen (secondary N) is 1. The number of hydrogen-bond donors (Lipinski definition) is 1. The molecule has 7 nitrogen and oxygen atoms in total. The number of benzene rings is 1. The van der Waals surface area contributed by atoms with E-state index in [4.69, 9.17) is 9.15 Å². The number of nitrogens with zero attached hydrogens (tertiary/aromatic N) is 4. The van der Waals surface area contributed by atoms with E-state index in [-0.39, 0.29) is 11.6 Å². The summed E-state index contributed by atoms with van der Waals surface area (Å²) in [6.07, 6.45) is 1.50. The van der Waals surface area contributed by atoms with E-state index in [2.05, 4.69) is 34.3 Å². The number of alkyl halides is 1. The maximum Gasteiger partial charge on any atom is 0.192 e. The normalized spacial score (nSPS) is 22.5. The maximum atomic E-state index is 15.5. The lowest BCUT2D eigenvalue weighted by atomic mass is 9.78. The molecule has 168 valence electrons. The van der Waals surface area contributed by atoms with Gasteiger partial charge in [-0.05, 0) is 52.3 Å². The summed E-state index contributed by atoms with van der Waals surface area (Å²) in [4.78, 5) is 4.37. The highest BCUT2D eigenvalue weighted by Gasteiger charge is 2.47. The third-order valence-electron chi connectivity index (χ3n) is 6.32. The molecule has 1 aliphatic heterocycles. The van der Waals surface area contributed by atoms with Crippen LogP contribution in [-0.2, 0) is 0 Å². The molecule has 4 aromatic rings. The van der Waals surface area contributed by atoms with E-state index in [9.17, 15) is 0 Å². The molecule has 1 saturated heterocycles. The predicted octanol–water partition coefficient (Wildman–Crippen LogP) is 4.99. The van der Waals surface area contributed by atoms with Gasteiger partial charge in [0.05, 0.1) is 18.8 Å². The summed E-state index contributed by atoms with van der Waals surface area (Å²) in [6, 6.07) is 7.30. The number of hydrogen-bond acceptors (Lipinski definition) is 6. The minimum absolute atomic E-state index is 0.196. The van der Waals surface area contributed by atoms with E-state index in [1.165, 1.54) is 0 Å². The molecule has 2 atom stereocenters. The van der Waals surface area contributed by atoms with Gasteiger partial charge in [0.15, 0.2) is 17.1 Å². The average Bonchev–Trinajstić information content (AvgIpc) is 3.30. The molecule has 4 heterocycles. The first kappa shape index (κ1) is 20.9. The standard InChI is InChI=1S/C24H28FN5O2/c1-13-26-17-11-19(31-6)15(10-20(17)32-13)16-9-14-7-8-30(22(14)28-27-16)18-12-23(2,3)29-24(4,5)21(18)25/h7-11,18,21,29H,12H2,1-6H3/t18-,21-/m0/s1. The molecular weight excluding hydrogens is 409 g/mol. The number of piperidine rings is 1. The highest BCUT2D eigenvalue weighted by molar-refractivity contribution is 5.87. The second-order valence-corrected chi connectivity index (χ2v) is 9.89. The fourth-order valence-corrected chi connectivity index (χ4v) is 5.13. The molecule has 1 aromatic carbocycles. The second kappa shape index (κ2) is 7.00. The molecule has 5 rings (SSSR count). The topological polar surface area (TPSA) is 78.0 Å². The SMILES string of the molecule is COc1cc2nc(C)oc2cc1-c1cc2ccn([C@H]3CC(C)(C)NC(C)(C)[C@H]3F)c2nn1. The predicted molar refractivity (Wildman–Crippen MR) is 122 cm³/mol. The number of methoxy groups -OCH3 is 1. The lowest BCUT2D eigenvalue weighted by Crippen LogP contribution is -2.64. The minimum atomic E-state index is -1.07. The first-order valence-electron chi connectivity index (χ1n) is 10.8. The fraction of sp³-hybridized carbons (Fsp3) is 0.458. The number of ether oxygens (including phenoxy) is 1. The molecular formula is C24H28FN5O2. The van der Waals surface area contributed by atoms with Crippen LogP contribution in [0, 0.1) is 6.92 Å². The molecule has 1 fully saturated rings. The molecule has 1 aliphatic rings. The van der Waals surface area contributed by atoms with E-state index in [0.29, 0.717) is 35.0 Å². The zero-order chi connectivity index (χ0) is 22.8. The number of aromatic nitrogens is 4. The van der Waals surface area contributed by atoms with Crippen LogP contribution in [0.4, 0.5) is 4.39 Å². The molecule has 0 aliphatic carbocycles. The van der Waals surface area contributed by atoms with Crippen LogP contribution in [0.1, 0.15) is 46.0 Å². The number of fused-ring (bicyclic) bond motifs is 2. The molecule has 0 saturated carbocycles. The fourth-order valence-electron chi connectivity index (χ4n) is 5.13. The van der Waals surface area contributed by atoms with Crippen LogP contribution in [0.5, 0.6) is 5.75 Å². The summed E-state index contributed by atoms with van der Waals surface area (Å²) < 4.78 is 28.7. The lowest BCUT2D eigenvalue weighted by Gasteiger charge is -2.49. The van der Waals surface area contributed by atoms with Crippen molar-refractivity contribution in [1.29, 1.82) is 0 Å². The summed E-state index contributed by atoms with van der Waals surface area (Å²) in [5.74, 6) is 1.23. The van der Waals surface area contributed by atoms with E-state index in [0.717, 1.165) is 16.5 Å². The quantitative estimate of drug-likeness (QED) is 0.487. The highest BCUT2D eigenvalue weighted by Crippen LogP contribution is 2.40. The Bertz CT molecular complexity index is 1320. The van der Waals surface area contributed by atoms with E-state index < -0.39 is 11.7 Å². The smallest absolute Gasteiger partial charge is 0.192 e. The van der Waals surface area contributed by atoms with E-state index in [1.54, 1.807) is 7.11 Å². The van der Waals surface area contributed by atoms with Crippen LogP contribution in [-0.4, -0.2) is 44.1 Å². The van der Waals surface area contributed by atoms with Gasteiger partial charge in [0.25, 0.3) is 0 Å². The second-order valence-electron chi connectivity index (χ2n) is 9.89. The summed E-state index contributed by atoms with van der Waals surface area (Å²) in [7, 11) is 1.61. The van der Waals surface area contributed by atoms with Crippen LogP contribution < -0.4 is 10.1 Å². The van der Waals surface area contributed by atoms with E-state index in [1.807, 2.05) is 55.8 Å². The van der Waals surface area contributed by atoms with Crippen LogP contribution >= 0.6 is 0 Å². The Hall–Kier alpha value is -3.00. The molecule has 0 radical (unpaired) electrons. The molecule has 0 spiro atoms. The van der Waals surface area contributed by atoms with Crippen molar-refractivity contribution in [2.75, 3.05) is 7.11 Å². The number of halogens is 1. The van der Waals surface area contributed by atoms with Crippen molar-refractivity contribution in [3.63, 3.8) is 0 Å². The van der Waals surface area contributed by atoms with Gasteiger partial charge in [-0.3, -0.25) is 0 Å². The van der Waals surface area contributed by atoms with Crippen LogP contribution in [0.3, 0.4) is 0 Å². The summed E-state index contributed by atoms with van der Waals surface area (Å²) >= 11 is 0. The first-order valence-corrected chi connectivity index (χ1v) is 10.8. The van der Waals surface area contributed by atoms with Gasteiger partial charge in [-0.2, -0.15) is 0 Å². The molecule has 1 N–H and O–H groups in total. The van der Waals surface area contributed by atoms with Crippen molar-refractivity contribution in [2.45, 2.75) is 64.3 Å². The Kier molecular flexibility index (Phi) is 4.57. The molecule has 32 heavy (non-hydrogen) atoms. The zero-order valence-corrected chi connectivity index (χ0v) is 19.2. The van der Waals surface area contributed by atoms with Crippen molar-refractivity contribution >= 4 is 22.1 Å².